The number of Topliss-reactive ketones (excluding diaryl/α,β-unsaturated/α-hetero) is 1. The Morgan fingerprint density at radius 2 is 1.65 bits per heavy atom. The Morgan fingerprint density at radius 3 is 2.29 bits per heavy atom. The maximum absolute atomic E-state index is 13.5. The Kier molecular flexibility index (Phi) is 5.82. The molecule has 0 saturated carbocycles. The summed E-state index contributed by atoms with van der Waals surface area (Å²) in [5, 5.41) is 0.604. The highest BCUT2D eigenvalue weighted by Gasteiger charge is 2.23. The molecule has 4 aromatic rings. The first-order valence-corrected chi connectivity index (χ1v) is 10.7. The molecule has 0 spiro atoms. The van der Waals surface area contributed by atoms with Crippen molar-refractivity contribution < 1.29 is 14.3 Å². The first-order valence-electron chi connectivity index (χ1n) is 9.89. The minimum Gasteiger partial charge on any atom is -0.494 e. The molecular weight excluding hydrogens is 408 g/mol. The van der Waals surface area contributed by atoms with E-state index in [9.17, 15) is 9.59 Å². The van der Waals surface area contributed by atoms with E-state index in [-0.39, 0.29) is 11.7 Å². The van der Waals surface area contributed by atoms with Crippen molar-refractivity contribution in [2.24, 2.45) is 0 Å². The lowest BCUT2D eigenvalue weighted by Crippen LogP contribution is -2.30. The highest BCUT2D eigenvalue weighted by atomic mass is 32.1. The van der Waals surface area contributed by atoms with E-state index in [4.69, 9.17) is 9.72 Å². The fraction of sp³-hybridized carbons (Fsp3) is 0.160. The number of hydrogen-bond acceptors (Lipinski definition) is 5. The monoisotopic (exact) mass is 430 g/mol. The van der Waals surface area contributed by atoms with Gasteiger partial charge in [-0.2, -0.15) is 0 Å². The normalized spacial score (nSPS) is 10.8. The molecule has 156 valence electrons. The number of rotatable bonds is 6. The largest absolute Gasteiger partial charge is 0.494 e. The molecule has 1 amide bonds. The van der Waals surface area contributed by atoms with E-state index in [1.807, 2.05) is 49.4 Å². The van der Waals surface area contributed by atoms with Crippen LogP contribution >= 0.6 is 11.3 Å². The van der Waals surface area contributed by atoms with Crippen molar-refractivity contribution in [3.63, 3.8) is 0 Å². The zero-order valence-corrected chi connectivity index (χ0v) is 18.4. The highest BCUT2D eigenvalue weighted by Crippen LogP contribution is 2.37. The molecule has 0 radical (unpaired) electrons. The molecule has 4 rings (SSSR count). The molecule has 0 aliphatic carbocycles. The summed E-state index contributed by atoms with van der Waals surface area (Å²) in [7, 11) is 1.62. The topological polar surface area (TPSA) is 59.5 Å². The van der Waals surface area contributed by atoms with Gasteiger partial charge in [-0.25, -0.2) is 4.98 Å². The van der Waals surface area contributed by atoms with E-state index in [0.717, 1.165) is 21.3 Å². The van der Waals surface area contributed by atoms with Crippen molar-refractivity contribution in [2.45, 2.75) is 20.4 Å². The summed E-state index contributed by atoms with van der Waals surface area (Å²) >= 11 is 1.47. The van der Waals surface area contributed by atoms with Crippen LogP contribution in [0.2, 0.25) is 0 Å². The van der Waals surface area contributed by atoms with Gasteiger partial charge in [-0.15, -0.1) is 0 Å². The number of amides is 1. The third-order valence-electron chi connectivity index (χ3n) is 5.11. The van der Waals surface area contributed by atoms with Crippen molar-refractivity contribution in [1.29, 1.82) is 0 Å². The predicted molar refractivity (Wildman–Crippen MR) is 124 cm³/mol. The number of nitrogens with zero attached hydrogens (tertiary/aromatic N) is 2. The van der Waals surface area contributed by atoms with Crippen molar-refractivity contribution in [2.75, 3.05) is 12.0 Å². The van der Waals surface area contributed by atoms with Gasteiger partial charge in [-0.1, -0.05) is 59.9 Å². The van der Waals surface area contributed by atoms with Crippen LogP contribution in [0, 0.1) is 6.92 Å². The summed E-state index contributed by atoms with van der Waals surface area (Å²) in [6.07, 6.45) is 0. The number of carbonyl (C=O) groups is 2. The highest BCUT2D eigenvalue weighted by molar-refractivity contribution is 7.22. The second-order valence-electron chi connectivity index (χ2n) is 7.27. The van der Waals surface area contributed by atoms with Crippen LogP contribution < -0.4 is 9.64 Å². The van der Waals surface area contributed by atoms with Crippen molar-refractivity contribution in [3.8, 4) is 5.75 Å². The zero-order chi connectivity index (χ0) is 22.0. The fourth-order valence-corrected chi connectivity index (χ4v) is 4.42. The summed E-state index contributed by atoms with van der Waals surface area (Å²) in [5.41, 5.74) is 3.91. The van der Waals surface area contributed by atoms with Gasteiger partial charge in [0.1, 0.15) is 11.3 Å². The van der Waals surface area contributed by atoms with E-state index in [2.05, 4.69) is 0 Å². The number of fused-ring (bicyclic) bond motifs is 1. The number of ether oxygens (including phenoxy) is 1. The van der Waals surface area contributed by atoms with E-state index in [0.29, 0.717) is 28.6 Å². The van der Waals surface area contributed by atoms with Gasteiger partial charge < -0.3 is 4.74 Å². The van der Waals surface area contributed by atoms with Gasteiger partial charge in [0, 0.05) is 11.1 Å². The van der Waals surface area contributed by atoms with E-state index in [1.165, 1.54) is 18.3 Å². The molecule has 31 heavy (non-hydrogen) atoms. The number of hydrogen-bond donors (Lipinski definition) is 0. The number of benzene rings is 3. The Bertz CT molecular complexity index is 1250. The minimum atomic E-state index is -0.172. The third kappa shape index (κ3) is 4.20. The average Bonchev–Trinajstić information content (AvgIpc) is 3.24. The van der Waals surface area contributed by atoms with Crippen LogP contribution in [0.1, 0.15) is 38.8 Å². The predicted octanol–water partition coefficient (Wildman–Crippen LogP) is 5.66. The molecule has 0 saturated heterocycles. The molecule has 6 heteroatoms. The molecule has 0 N–H and O–H groups in total. The second-order valence-corrected chi connectivity index (χ2v) is 8.25. The van der Waals surface area contributed by atoms with Crippen LogP contribution in [0.25, 0.3) is 10.2 Å². The maximum Gasteiger partial charge on any atom is 0.260 e. The molecule has 0 fully saturated rings. The van der Waals surface area contributed by atoms with Gasteiger partial charge >= 0.3 is 0 Å². The summed E-state index contributed by atoms with van der Waals surface area (Å²) in [4.78, 5) is 31.6. The molecule has 0 aliphatic heterocycles. The van der Waals surface area contributed by atoms with Gasteiger partial charge in [-0.3, -0.25) is 14.5 Å². The number of aryl methyl sites for hydroxylation is 1. The van der Waals surface area contributed by atoms with Crippen LogP contribution in [0.4, 0.5) is 5.13 Å². The van der Waals surface area contributed by atoms with Gasteiger partial charge in [0.25, 0.3) is 5.91 Å². The number of carbonyl (C=O) groups excluding carboxylic acids is 2. The summed E-state index contributed by atoms with van der Waals surface area (Å²) in [5.74, 6) is 0.476. The van der Waals surface area contributed by atoms with E-state index in [1.54, 1.807) is 36.3 Å². The molecule has 0 aliphatic rings. The zero-order valence-electron chi connectivity index (χ0n) is 17.6. The first-order chi connectivity index (χ1) is 15.0. The Labute approximate surface area is 184 Å². The van der Waals surface area contributed by atoms with E-state index >= 15 is 0 Å². The second kappa shape index (κ2) is 8.70. The van der Waals surface area contributed by atoms with Gasteiger partial charge in [-0.05, 0) is 43.2 Å². The van der Waals surface area contributed by atoms with Crippen molar-refractivity contribution >= 4 is 38.4 Å². The molecule has 5 nitrogen and oxygen atoms in total. The SMILES string of the molecule is COc1ccc(C)c2sc(N(Cc3ccccc3)C(=O)c3ccc(C(C)=O)cc3)nc12. The third-order valence-corrected chi connectivity index (χ3v) is 6.32. The lowest BCUT2D eigenvalue weighted by atomic mass is 10.1. The van der Waals surface area contributed by atoms with E-state index < -0.39 is 0 Å². The van der Waals surface area contributed by atoms with Crippen LogP contribution in [0.15, 0.2) is 66.7 Å². The van der Waals surface area contributed by atoms with Crippen molar-refractivity contribution in [1.82, 2.24) is 4.98 Å². The van der Waals surface area contributed by atoms with Gasteiger partial charge in [0.15, 0.2) is 10.9 Å². The van der Waals surface area contributed by atoms with Gasteiger partial charge in [0.05, 0.1) is 18.4 Å². The van der Waals surface area contributed by atoms with Crippen molar-refractivity contribution in [3.05, 3.63) is 89.0 Å². The first kappa shape index (κ1) is 20.8. The molecule has 1 aromatic heterocycles. The van der Waals surface area contributed by atoms with Crippen LogP contribution in [-0.2, 0) is 6.54 Å². The lowest BCUT2D eigenvalue weighted by molar-refractivity contribution is 0.0981. The quantitative estimate of drug-likeness (QED) is 0.370. The number of methoxy groups -OCH3 is 1. The number of anilines is 1. The number of ketones is 1. The number of aromatic nitrogens is 1. The Hall–Kier alpha value is -3.51. The Balaban J connectivity index is 1.79. The van der Waals surface area contributed by atoms with Crippen LogP contribution in [0.5, 0.6) is 5.75 Å². The van der Waals surface area contributed by atoms with Crippen LogP contribution in [-0.4, -0.2) is 23.8 Å². The number of thiazole rings is 1. The summed E-state index contributed by atoms with van der Waals surface area (Å²) < 4.78 is 6.48. The molecule has 1 heterocycles. The maximum atomic E-state index is 13.5. The fourth-order valence-electron chi connectivity index (χ4n) is 3.37. The minimum absolute atomic E-state index is 0.0334. The Morgan fingerprint density at radius 1 is 0.968 bits per heavy atom. The summed E-state index contributed by atoms with van der Waals surface area (Å²) in [6.45, 7) is 3.91. The molecule has 3 aromatic carbocycles. The molecule has 0 unspecified atom stereocenters. The average molecular weight is 431 g/mol. The smallest absolute Gasteiger partial charge is 0.260 e. The molecule has 0 atom stereocenters. The standard InChI is InChI=1S/C25H22N2O3S/c1-16-9-14-21(30-3)22-23(16)31-25(26-22)27(15-18-7-5-4-6-8-18)24(29)20-12-10-19(11-13-20)17(2)28/h4-14H,15H2,1-3H3. The lowest BCUT2D eigenvalue weighted by Gasteiger charge is -2.20. The summed E-state index contributed by atoms with van der Waals surface area (Å²) in [6, 6.07) is 20.4. The molecular formula is C25H22N2O3S. The van der Waals surface area contributed by atoms with Gasteiger partial charge in [0.2, 0.25) is 0 Å². The molecule has 0 bridgehead atoms. The van der Waals surface area contributed by atoms with Crippen LogP contribution in [0.3, 0.4) is 0 Å².